The fraction of sp³-hybridized carbons (Fsp3) is 0.0476. The molecule has 3 aromatic carbocycles. The van der Waals surface area contributed by atoms with E-state index in [1.165, 1.54) is 6.33 Å². The van der Waals surface area contributed by atoms with Crippen molar-refractivity contribution in [1.29, 1.82) is 0 Å². The quantitative estimate of drug-likeness (QED) is 0.363. The maximum absolute atomic E-state index is 11.8. The third-order valence-corrected chi connectivity index (χ3v) is 4.26. The summed E-state index contributed by atoms with van der Waals surface area (Å²) in [5.41, 5.74) is 0.227. The second-order valence-electron chi connectivity index (χ2n) is 6.07. The highest BCUT2D eigenvalue weighted by molar-refractivity contribution is 5.88. The van der Waals surface area contributed by atoms with Crippen molar-refractivity contribution in [2.45, 2.75) is 0 Å². The molecule has 0 aliphatic heterocycles. The van der Waals surface area contributed by atoms with E-state index < -0.39 is 4.92 Å². The Morgan fingerprint density at radius 2 is 1.79 bits per heavy atom. The minimum absolute atomic E-state index is 0.0217. The van der Waals surface area contributed by atoms with E-state index in [1.54, 1.807) is 37.4 Å². The van der Waals surface area contributed by atoms with Crippen LogP contribution in [0.1, 0.15) is 0 Å². The van der Waals surface area contributed by atoms with Crippen molar-refractivity contribution in [3.8, 4) is 17.4 Å². The number of nitro groups is 1. The van der Waals surface area contributed by atoms with Crippen LogP contribution in [0.2, 0.25) is 0 Å². The van der Waals surface area contributed by atoms with Gasteiger partial charge in [-0.25, -0.2) is 4.98 Å². The summed E-state index contributed by atoms with van der Waals surface area (Å²) in [6, 6.07) is 20.1. The van der Waals surface area contributed by atoms with Crippen LogP contribution in [0.25, 0.3) is 10.8 Å². The second-order valence-corrected chi connectivity index (χ2v) is 6.07. The Kier molecular flexibility index (Phi) is 4.90. The van der Waals surface area contributed by atoms with Gasteiger partial charge >= 0.3 is 11.6 Å². The number of fused-ring (bicyclic) bond motifs is 1. The average molecular weight is 388 g/mol. The summed E-state index contributed by atoms with van der Waals surface area (Å²) in [5, 5.41) is 16.5. The Balaban J connectivity index is 1.74. The molecular weight excluding hydrogens is 372 g/mol. The number of methoxy groups -OCH3 is 1. The van der Waals surface area contributed by atoms with Crippen molar-refractivity contribution in [2.75, 3.05) is 12.4 Å². The van der Waals surface area contributed by atoms with Gasteiger partial charge in [-0.3, -0.25) is 10.1 Å². The molecule has 4 aromatic rings. The van der Waals surface area contributed by atoms with Crippen LogP contribution in [0.5, 0.6) is 17.4 Å². The van der Waals surface area contributed by atoms with Crippen LogP contribution in [0.15, 0.2) is 73.1 Å². The standard InChI is InChI=1S/C21H16N4O4/c1-28-16-9-5-8-15(12-16)24-20-19(25(26)27)21(23-13-22-20)29-18-11-4-7-14-6-2-3-10-17(14)18/h2-13H,1H3,(H,22,23,24). The lowest BCUT2D eigenvalue weighted by atomic mass is 10.1. The number of benzene rings is 3. The molecular formula is C21H16N4O4. The van der Waals surface area contributed by atoms with Crippen LogP contribution in [0.4, 0.5) is 17.2 Å². The molecule has 1 aromatic heterocycles. The molecule has 0 saturated carbocycles. The monoisotopic (exact) mass is 388 g/mol. The van der Waals surface area contributed by atoms with Crippen molar-refractivity contribution in [1.82, 2.24) is 9.97 Å². The maximum atomic E-state index is 11.8. The lowest BCUT2D eigenvalue weighted by molar-refractivity contribution is -0.385. The summed E-state index contributed by atoms with van der Waals surface area (Å²) in [5.74, 6) is 0.955. The lowest BCUT2D eigenvalue weighted by Crippen LogP contribution is -2.03. The van der Waals surface area contributed by atoms with Crippen molar-refractivity contribution in [2.24, 2.45) is 0 Å². The smallest absolute Gasteiger partial charge is 0.373 e. The molecule has 0 amide bonds. The van der Waals surface area contributed by atoms with Crippen LogP contribution in [0.3, 0.4) is 0 Å². The van der Waals surface area contributed by atoms with Crippen LogP contribution < -0.4 is 14.8 Å². The van der Waals surface area contributed by atoms with Gasteiger partial charge in [0.1, 0.15) is 17.8 Å². The molecule has 0 spiro atoms. The normalized spacial score (nSPS) is 10.5. The molecule has 0 saturated heterocycles. The summed E-state index contributed by atoms with van der Waals surface area (Å²) in [6.07, 6.45) is 1.22. The molecule has 0 aliphatic carbocycles. The SMILES string of the molecule is COc1cccc(Nc2ncnc(Oc3cccc4ccccc34)c2[N+](=O)[O-])c1. The number of ether oxygens (including phenoxy) is 2. The zero-order valence-electron chi connectivity index (χ0n) is 15.4. The van der Waals surface area contributed by atoms with Crippen molar-refractivity contribution >= 4 is 28.0 Å². The van der Waals surface area contributed by atoms with E-state index >= 15 is 0 Å². The molecule has 144 valence electrons. The third-order valence-electron chi connectivity index (χ3n) is 4.26. The topological polar surface area (TPSA) is 99.4 Å². The van der Waals surface area contributed by atoms with E-state index in [0.717, 1.165) is 10.8 Å². The second kappa shape index (κ2) is 7.81. The first-order chi connectivity index (χ1) is 14.2. The van der Waals surface area contributed by atoms with Crippen LogP contribution in [0, 0.1) is 10.1 Å². The zero-order valence-corrected chi connectivity index (χ0v) is 15.4. The minimum atomic E-state index is -0.566. The minimum Gasteiger partial charge on any atom is -0.497 e. The molecule has 0 unspecified atom stereocenters. The molecule has 0 fully saturated rings. The van der Waals surface area contributed by atoms with Gasteiger partial charge in [0.2, 0.25) is 5.82 Å². The molecule has 4 rings (SSSR count). The molecule has 0 bridgehead atoms. The van der Waals surface area contributed by atoms with Gasteiger partial charge in [0.05, 0.1) is 12.0 Å². The van der Waals surface area contributed by atoms with Crippen molar-refractivity contribution < 1.29 is 14.4 Å². The molecule has 0 atom stereocenters. The molecule has 0 radical (unpaired) electrons. The molecule has 8 heteroatoms. The first-order valence-corrected chi connectivity index (χ1v) is 8.72. The average Bonchev–Trinajstić information content (AvgIpc) is 2.74. The number of hydrogen-bond acceptors (Lipinski definition) is 7. The Bertz CT molecular complexity index is 1190. The van der Waals surface area contributed by atoms with Gasteiger partial charge in [0.25, 0.3) is 0 Å². The van der Waals surface area contributed by atoms with Gasteiger partial charge in [-0.05, 0) is 23.6 Å². The largest absolute Gasteiger partial charge is 0.497 e. The van der Waals surface area contributed by atoms with Crippen LogP contribution in [-0.2, 0) is 0 Å². The van der Waals surface area contributed by atoms with Crippen molar-refractivity contribution in [3.63, 3.8) is 0 Å². The molecule has 1 N–H and O–H groups in total. The first kappa shape index (κ1) is 18.2. The number of anilines is 2. The summed E-state index contributed by atoms with van der Waals surface area (Å²) < 4.78 is 11.0. The fourth-order valence-electron chi connectivity index (χ4n) is 2.92. The Morgan fingerprint density at radius 1 is 1.00 bits per heavy atom. The van der Waals surface area contributed by atoms with Gasteiger partial charge in [-0.15, -0.1) is 0 Å². The summed E-state index contributed by atoms with van der Waals surface area (Å²) in [7, 11) is 1.54. The molecule has 8 nitrogen and oxygen atoms in total. The molecule has 0 aliphatic rings. The van der Waals surface area contributed by atoms with Gasteiger partial charge < -0.3 is 14.8 Å². The lowest BCUT2D eigenvalue weighted by Gasteiger charge is -2.11. The number of aromatic nitrogens is 2. The zero-order chi connectivity index (χ0) is 20.2. The Hall–Kier alpha value is -4.20. The summed E-state index contributed by atoms with van der Waals surface area (Å²) >= 11 is 0. The third kappa shape index (κ3) is 3.77. The van der Waals surface area contributed by atoms with Crippen LogP contribution >= 0.6 is 0 Å². The maximum Gasteiger partial charge on any atom is 0.373 e. The number of nitrogens with one attached hydrogen (secondary N) is 1. The summed E-state index contributed by atoms with van der Waals surface area (Å²) in [6.45, 7) is 0. The van der Waals surface area contributed by atoms with E-state index in [9.17, 15) is 10.1 Å². The highest BCUT2D eigenvalue weighted by atomic mass is 16.6. The first-order valence-electron chi connectivity index (χ1n) is 8.72. The number of hydrogen-bond donors (Lipinski definition) is 1. The molecule has 1 heterocycles. The Morgan fingerprint density at radius 3 is 2.62 bits per heavy atom. The fourth-order valence-corrected chi connectivity index (χ4v) is 2.92. The van der Waals surface area contributed by atoms with Gasteiger partial charge in [-0.1, -0.05) is 42.5 Å². The van der Waals surface area contributed by atoms with Crippen LogP contribution in [-0.4, -0.2) is 22.0 Å². The van der Waals surface area contributed by atoms with E-state index in [-0.39, 0.29) is 17.4 Å². The summed E-state index contributed by atoms with van der Waals surface area (Å²) in [4.78, 5) is 19.3. The highest BCUT2D eigenvalue weighted by Gasteiger charge is 2.25. The highest BCUT2D eigenvalue weighted by Crippen LogP contribution is 2.37. The molecule has 29 heavy (non-hydrogen) atoms. The number of nitrogens with zero attached hydrogens (tertiary/aromatic N) is 3. The van der Waals surface area contributed by atoms with E-state index in [0.29, 0.717) is 17.2 Å². The predicted octanol–water partition coefficient (Wildman–Crippen LogP) is 5.08. The van der Waals surface area contributed by atoms with Gasteiger partial charge in [0, 0.05) is 17.1 Å². The number of rotatable bonds is 6. The predicted molar refractivity (Wildman–Crippen MR) is 109 cm³/mol. The van der Waals surface area contributed by atoms with E-state index in [4.69, 9.17) is 9.47 Å². The van der Waals surface area contributed by atoms with E-state index in [1.807, 2.05) is 36.4 Å². The van der Waals surface area contributed by atoms with Gasteiger partial charge in [-0.2, -0.15) is 4.98 Å². The van der Waals surface area contributed by atoms with E-state index in [2.05, 4.69) is 15.3 Å². The Labute approximate surface area is 165 Å². The van der Waals surface area contributed by atoms with Gasteiger partial charge in [0.15, 0.2) is 0 Å². The van der Waals surface area contributed by atoms with Crippen molar-refractivity contribution in [3.05, 3.63) is 83.2 Å².